The zero-order valence-corrected chi connectivity index (χ0v) is 12.4. The van der Waals surface area contributed by atoms with Crippen LogP contribution >= 0.6 is 0 Å². The summed E-state index contributed by atoms with van der Waals surface area (Å²) in [4.78, 5) is 19.6. The van der Waals surface area contributed by atoms with Crippen LogP contribution in [0.4, 0.5) is 4.39 Å². The van der Waals surface area contributed by atoms with E-state index in [9.17, 15) is 9.18 Å². The molecule has 1 atom stereocenters. The van der Waals surface area contributed by atoms with E-state index in [0.29, 0.717) is 29.2 Å². The maximum Gasteiger partial charge on any atom is 0.262 e. The maximum absolute atomic E-state index is 14.0. The molecule has 0 fully saturated rings. The SMILES string of the molecule is O=c1[nH]c(CC2C=CCC2)nc2c1cnn2-c1ccccc1F. The van der Waals surface area contributed by atoms with Crippen molar-refractivity contribution < 1.29 is 4.39 Å². The van der Waals surface area contributed by atoms with E-state index in [-0.39, 0.29) is 11.2 Å². The molecule has 5 nitrogen and oxygen atoms in total. The molecule has 0 amide bonds. The summed E-state index contributed by atoms with van der Waals surface area (Å²) in [5.74, 6) is 0.595. The van der Waals surface area contributed by atoms with E-state index in [2.05, 4.69) is 27.2 Å². The van der Waals surface area contributed by atoms with Crippen LogP contribution in [-0.4, -0.2) is 19.7 Å². The summed E-state index contributed by atoms with van der Waals surface area (Å²) < 4.78 is 15.4. The van der Waals surface area contributed by atoms with Crippen molar-refractivity contribution in [2.45, 2.75) is 19.3 Å². The van der Waals surface area contributed by atoms with Gasteiger partial charge in [-0.05, 0) is 30.9 Å². The number of hydrogen-bond donors (Lipinski definition) is 1. The Balaban J connectivity index is 1.84. The summed E-state index contributed by atoms with van der Waals surface area (Å²) >= 11 is 0. The van der Waals surface area contributed by atoms with E-state index in [0.717, 1.165) is 12.8 Å². The van der Waals surface area contributed by atoms with Crippen LogP contribution in [0.5, 0.6) is 0 Å². The fourth-order valence-electron chi connectivity index (χ4n) is 2.97. The smallest absolute Gasteiger partial charge is 0.262 e. The monoisotopic (exact) mass is 310 g/mol. The Kier molecular flexibility index (Phi) is 3.29. The third kappa shape index (κ3) is 2.46. The second-order valence-electron chi connectivity index (χ2n) is 5.73. The molecule has 1 N–H and O–H groups in total. The van der Waals surface area contributed by atoms with E-state index in [4.69, 9.17) is 0 Å². The highest BCUT2D eigenvalue weighted by Gasteiger charge is 2.16. The molecule has 0 saturated heterocycles. The molecule has 116 valence electrons. The minimum absolute atomic E-state index is 0.241. The van der Waals surface area contributed by atoms with Crippen LogP contribution in [0, 0.1) is 11.7 Å². The van der Waals surface area contributed by atoms with Crippen molar-refractivity contribution in [3.8, 4) is 5.69 Å². The number of aromatic amines is 1. The molecule has 2 aromatic heterocycles. The van der Waals surface area contributed by atoms with Gasteiger partial charge in [-0.15, -0.1) is 0 Å². The summed E-state index contributed by atoms with van der Waals surface area (Å²) in [6.45, 7) is 0. The number of hydrogen-bond acceptors (Lipinski definition) is 3. The van der Waals surface area contributed by atoms with Crippen molar-refractivity contribution in [1.82, 2.24) is 19.7 Å². The number of benzene rings is 1. The predicted molar refractivity (Wildman–Crippen MR) is 85.0 cm³/mol. The van der Waals surface area contributed by atoms with Gasteiger partial charge < -0.3 is 4.98 Å². The third-order valence-electron chi connectivity index (χ3n) is 4.14. The Bertz CT molecular complexity index is 957. The number of allylic oxidation sites excluding steroid dienone is 2. The Morgan fingerprint density at radius 3 is 3.00 bits per heavy atom. The largest absolute Gasteiger partial charge is 0.310 e. The molecule has 0 aliphatic heterocycles. The van der Waals surface area contributed by atoms with Crippen LogP contribution in [0.2, 0.25) is 0 Å². The van der Waals surface area contributed by atoms with Gasteiger partial charge in [-0.3, -0.25) is 4.79 Å². The van der Waals surface area contributed by atoms with E-state index >= 15 is 0 Å². The van der Waals surface area contributed by atoms with Crippen LogP contribution in [0.3, 0.4) is 0 Å². The lowest BCUT2D eigenvalue weighted by atomic mass is 10.1. The molecular weight excluding hydrogens is 295 g/mol. The zero-order chi connectivity index (χ0) is 15.8. The van der Waals surface area contributed by atoms with Gasteiger partial charge >= 0.3 is 0 Å². The molecule has 23 heavy (non-hydrogen) atoms. The van der Waals surface area contributed by atoms with E-state index in [1.807, 2.05) is 0 Å². The van der Waals surface area contributed by atoms with Crippen LogP contribution < -0.4 is 5.56 Å². The molecular formula is C17H15FN4O. The molecule has 1 aromatic carbocycles. The minimum Gasteiger partial charge on any atom is -0.310 e. The average Bonchev–Trinajstić information content (AvgIpc) is 3.18. The summed E-state index contributed by atoms with van der Waals surface area (Å²) in [7, 11) is 0. The van der Waals surface area contributed by atoms with Gasteiger partial charge in [0, 0.05) is 6.42 Å². The highest BCUT2D eigenvalue weighted by molar-refractivity contribution is 5.75. The molecule has 0 saturated carbocycles. The van der Waals surface area contributed by atoms with Crippen LogP contribution in [0.15, 0.2) is 47.4 Å². The summed E-state index contributed by atoms with van der Waals surface area (Å²) in [6.07, 6.45) is 8.51. The molecule has 1 aliphatic rings. The second kappa shape index (κ2) is 5.46. The minimum atomic E-state index is -0.403. The van der Waals surface area contributed by atoms with Crippen LogP contribution in [0.1, 0.15) is 18.7 Å². The van der Waals surface area contributed by atoms with Gasteiger partial charge in [-0.25, -0.2) is 14.1 Å². The average molecular weight is 310 g/mol. The number of fused-ring (bicyclic) bond motifs is 1. The van der Waals surface area contributed by atoms with Gasteiger partial charge in [0.15, 0.2) is 5.65 Å². The number of nitrogens with one attached hydrogen (secondary N) is 1. The van der Waals surface area contributed by atoms with E-state index in [1.54, 1.807) is 18.2 Å². The van der Waals surface area contributed by atoms with Gasteiger partial charge in [0.05, 0.1) is 6.20 Å². The van der Waals surface area contributed by atoms with Crippen molar-refractivity contribution >= 4 is 11.0 Å². The number of H-pyrrole nitrogens is 1. The zero-order valence-electron chi connectivity index (χ0n) is 12.4. The first-order valence-corrected chi connectivity index (χ1v) is 7.61. The Morgan fingerprint density at radius 1 is 1.35 bits per heavy atom. The molecule has 6 heteroatoms. The summed E-state index contributed by atoms with van der Waals surface area (Å²) in [5.41, 5.74) is 0.428. The molecule has 0 radical (unpaired) electrons. The van der Waals surface area contributed by atoms with Gasteiger partial charge in [-0.1, -0.05) is 24.3 Å². The lowest BCUT2D eigenvalue weighted by molar-refractivity contribution is 0.604. The normalized spacial score (nSPS) is 17.2. The van der Waals surface area contributed by atoms with E-state index < -0.39 is 5.82 Å². The topological polar surface area (TPSA) is 63.6 Å². The first kappa shape index (κ1) is 13.9. The highest BCUT2D eigenvalue weighted by atomic mass is 19.1. The number of para-hydroxylation sites is 1. The molecule has 0 bridgehead atoms. The quantitative estimate of drug-likeness (QED) is 0.757. The van der Waals surface area contributed by atoms with Gasteiger partial charge in [-0.2, -0.15) is 5.10 Å². The number of nitrogens with zero attached hydrogens (tertiary/aromatic N) is 3. The van der Waals surface area contributed by atoms with Crippen molar-refractivity contribution in [2.75, 3.05) is 0 Å². The van der Waals surface area contributed by atoms with Gasteiger partial charge in [0.1, 0.15) is 22.7 Å². The summed E-state index contributed by atoms with van der Waals surface area (Å²) in [5, 5.41) is 4.50. The first-order chi connectivity index (χ1) is 11.2. The van der Waals surface area contributed by atoms with Crippen molar-refractivity contribution in [3.05, 3.63) is 64.6 Å². The Hall–Kier alpha value is -2.76. The molecule has 1 aliphatic carbocycles. The number of halogens is 1. The lowest BCUT2D eigenvalue weighted by Gasteiger charge is -2.08. The van der Waals surface area contributed by atoms with Crippen molar-refractivity contribution in [3.63, 3.8) is 0 Å². The van der Waals surface area contributed by atoms with Crippen molar-refractivity contribution in [2.24, 2.45) is 5.92 Å². The fourth-order valence-corrected chi connectivity index (χ4v) is 2.97. The second-order valence-corrected chi connectivity index (χ2v) is 5.73. The third-order valence-corrected chi connectivity index (χ3v) is 4.14. The number of aromatic nitrogens is 4. The van der Waals surface area contributed by atoms with Crippen LogP contribution in [0.25, 0.3) is 16.7 Å². The van der Waals surface area contributed by atoms with Crippen LogP contribution in [-0.2, 0) is 6.42 Å². The highest BCUT2D eigenvalue weighted by Crippen LogP contribution is 2.21. The molecule has 2 heterocycles. The molecule has 0 spiro atoms. The Morgan fingerprint density at radius 2 is 2.22 bits per heavy atom. The number of rotatable bonds is 3. The predicted octanol–water partition coefficient (Wildman–Crippen LogP) is 2.76. The van der Waals surface area contributed by atoms with E-state index in [1.165, 1.54) is 16.9 Å². The fraction of sp³-hybridized carbons (Fsp3) is 0.235. The Labute approximate surface area is 131 Å². The first-order valence-electron chi connectivity index (χ1n) is 7.61. The maximum atomic E-state index is 14.0. The van der Waals surface area contributed by atoms with Gasteiger partial charge in [0.25, 0.3) is 5.56 Å². The van der Waals surface area contributed by atoms with Gasteiger partial charge in [0.2, 0.25) is 0 Å². The molecule has 3 aromatic rings. The van der Waals surface area contributed by atoms with Crippen molar-refractivity contribution in [1.29, 1.82) is 0 Å². The summed E-state index contributed by atoms with van der Waals surface area (Å²) in [6, 6.07) is 6.32. The standard InChI is InChI=1S/C17H15FN4O/c18-13-7-3-4-8-14(13)22-16-12(10-19-22)17(23)21-15(20-16)9-11-5-1-2-6-11/h1,3-5,7-8,10-11H,2,6,9H2,(H,20,21,23). The molecule has 4 rings (SSSR count). The lowest BCUT2D eigenvalue weighted by Crippen LogP contribution is -2.14. The molecule has 1 unspecified atom stereocenters.